The zero-order valence-corrected chi connectivity index (χ0v) is 15.5. The lowest BCUT2D eigenvalue weighted by molar-refractivity contribution is -0.111. The average Bonchev–Trinajstić information content (AvgIpc) is 2.62. The van der Waals surface area contributed by atoms with E-state index in [1.807, 2.05) is 18.7 Å². The predicted octanol–water partition coefficient (Wildman–Crippen LogP) is 1.68. The summed E-state index contributed by atoms with van der Waals surface area (Å²) in [6.07, 6.45) is 1.03. The first kappa shape index (κ1) is 19.0. The molecule has 0 amide bonds. The smallest absolute Gasteiger partial charge is 0.251 e. The Hall–Kier alpha value is -2.77. The van der Waals surface area contributed by atoms with Crippen LogP contribution in [0.2, 0.25) is 0 Å². The maximum Gasteiger partial charge on any atom is 0.251 e. The lowest BCUT2D eigenvalue weighted by Gasteiger charge is -2.32. The third kappa shape index (κ3) is 4.50. The number of alkyl halides is 2. The topological polar surface area (TPSA) is 89.9 Å². The lowest BCUT2D eigenvalue weighted by atomic mass is 10.0. The van der Waals surface area contributed by atoms with E-state index in [4.69, 9.17) is 15.9 Å². The fourth-order valence-electron chi connectivity index (χ4n) is 2.98. The summed E-state index contributed by atoms with van der Waals surface area (Å²) in [6, 6.07) is 6.99. The van der Waals surface area contributed by atoms with Crippen LogP contribution in [0.4, 0.5) is 20.3 Å². The van der Waals surface area contributed by atoms with Gasteiger partial charge in [-0.1, -0.05) is 0 Å². The molecule has 0 saturated carbocycles. The van der Waals surface area contributed by atoms with Gasteiger partial charge < -0.3 is 15.4 Å². The molecule has 27 heavy (non-hydrogen) atoms. The number of nitrogens with zero attached hydrogens (tertiary/aromatic N) is 3. The first-order valence-electron chi connectivity index (χ1n) is 8.89. The second kappa shape index (κ2) is 7.46. The molecule has 1 aliphatic rings. The molecule has 1 saturated heterocycles. The number of anilines is 2. The summed E-state index contributed by atoms with van der Waals surface area (Å²) in [5.41, 5.74) is 8.06. The largest absolute Gasteiger partial charge is 0.491 e. The monoisotopic (exact) mass is 376 g/mol. The van der Waals surface area contributed by atoms with Crippen LogP contribution in [0.25, 0.3) is 0 Å². The number of nitrogens with two attached hydrogens (primary N) is 2. The normalized spacial score (nSPS) is 16.4. The predicted molar refractivity (Wildman–Crippen MR) is 100 cm³/mol. The Labute approximate surface area is 156 Å². The van der Waals surface area contributed by atoms with E-state index in [0.717, 1.165) is 0 Å². The van der Waals surface area contributed by atoms with E-state index < -0.39 is 5.92 Å². The van der Waals surface area contributed by atoms with Crippen LogP contribution in [0.3, 0.4) is 0 Å². The Morgan fingerprint density at radius 1 is 1.22 bits per heavy atom. The van der Waals surface area contributed by atoms with Crippen LogP contribution >= 0.6 is 0 Å². The molecule has 3 rings (SSSR count). The summed E-state index contributed by atoms with van der Waals surface area (Å²) in [5.74, 6) is -1.38. The van der Waals surface area contributed by atoms with Crippen molar-refractivity contribution in [1.82, 2.24) is 9.97 Å². The van der Waals surface area contributed by atoms with E-state index in [-0.39, 0.29) is 32.0 Å². The molecule has 6 nitrogen and oxygen atoms in total. The molecular weight excluding hydrogens is 352 g/mol. The van der Waals surface area contributed by atoms with E-state index in [1.54, 1.807) is 24.3 Å². The Morgan fingerprint density at radius 3 is 2.59 bits per heavy atom. The molecule has 0 unspecified atom stereocenters. The SMILES string of the molecule is CC(C)Oc1ccc(N)c(C(=[NH2+])c2cc(N3CCC(F)(F)CC3)ncn2)c1. The lowest BCUT2D eigenvalue weighted by Crippen LogP contribution is -2.43. The maximum atomic E-state index is 13.4. The molecule has 1 fully saturated rings. The van der Waals surface area contributed by atoms with E-state index >= 15 is 0 Å². The van der Waals surface area contributed by atoms with Gasteiger partial charge in [-0.05, 0) is 32.0 Å². The fraction of sp³-hybridized carbons (Fsp3) is 0.421. The van der Waals surface area contributed by atoms with Gasteiger partial charge in [0.1, 0.15) is 23.6 Å². The Morgan fingerprint density at radius 2 is 1.93 bits per heavy atom. The molecule has 1 aliphatic heterocycles. The van der Waals surface area contributed by atoms with Crippen molar-refractivity contribution >= 4 is 17.2 Å². The van der Waals surface area contributed by atoms with Gasteiger partial charge in [-0.25, -0.2) is 18.7 Å². The van der Waals surface area contributed by atoms with Gasteiger partial charge in [-0.3, -0.25) is 5.41 Å². The second-order valence-electron chi connectivity index (χ2n) is 6.93. The zero-order chi connectivity index (χ0) is 19.6. The molecule has 8 heteroatoms. The number of halogens is 2. The summed E-state index contributed by atoms with van der Waals surface area (Å²) in [7, 11) is 0. The van der Waals surface area contributed by atoms with Crippen molar-refractivity contribution in [2.24, 2.45) is 0 Å². The summed E-state index contributed by atoms with van der Waals surface area (Å²) in [6.45, 7) is 4.34. The number of benzene rings is 1. The summed E-state index contributed by atoms with van der Waals surface area (Å²) >= 11 is 0. The fourth-order valence-corrected chi connectivity index (χ4v) is 2.98. The van der Waals surface area contributed by atoms with E-state index in [0.29, 0.717) is 34.2 Å². The minimum atomic E-state index is -2.61. The minimum absolute atomic E-state index is 0.0191. The van der Waals surface area contributed by atoms with Crippen molar-refractivity contribution in [3.8, 4) is 5.75 Å². The summed E-state index contributed by atoms with van der Waals surface area (Å²) < 4.78 is 32.5. The van der Waals surface area contributed by atoms with Crippen molar-refractivity contribution in [1.29, 1.82) is 0 Å². The Balaban J connectivity index is 1.84. The highest BCUT2D eigenvalue weighted by molar-refractivity contribution is 6.11. The highest BCUT2D eigenvalue weighted by Crippen LogP contribution is 2.30. The summed E-state index contributed by atoms with van der Waals surface area (Å²) in [5, 5.41) is 6.31. The van der Waals surface area contributed by atoms with E-state index in [1.165, 1.54) is 6.33 Å². The number of rotatable bonds is 5. The van der Waals surface area contributed by atoms with Crippen LogP contribution in [-0.2, 0) is 0 Å². The standard InChI is InChI=1S/C19H23F2N5O/c1-12(2)27-13-3-4-15(22)14(9-13)18(23)16-10-17(25-11-24-16)26-7-5-19(20,21)6-8-26/h3-4,9-12,23H,5-8,22H2,1-2H3/p+1. The van der Waals surface area contributed by atoms with Crippen molar-refractivity contribution in [2.75, 3.05) is 23.7 Å². The molecule has 0 radical (unpaired) electrons. The number of piperidine rings is 1. The van der Waals surface area contributed by atoms with Gasteiger partial charge in [0.25, 0.3) is 5.92 Å². The quantitative estimate of drug-likeness (QED) is 0.612. The molecule has 0 atom stereocenters. The molecule has 0 aliphatic carbocycles. The van der Waals surface area contributed by atoms with Crippen LogP contribution in [0.5, 0.6) is 5.75 Å². The number of hydrogen-bond donors (Lipinski definition) is 2. The van der Waals surface area contributed by atoms with Crippen molar-refractivity contribution in [3.63, 3.8) is 0 Å². The molecule has 1 aromatic heterocycles. The first-order chi connectivity index (χ1) is 12.7. The van der Waals surface area contributed by atoms with Gasteiger partial charge in [-0.15, -0.1) is 0 Å². The van der Waals surface area contributed by atoms with E-state index in [9.17, 15) is 8.78 Å². The molecule has 0 bridgehead atoms. The van der Waals surface area contributed by atoms with Crippen molar-refractivity contribution in [2.45, 2.75) is 38.7 Å². The highest BCUT2D eigenvalue weighted by atomic mass is 19.3. The molecule has 0 spiro atoms. The Kier molecular flexibility index (Phi) is 5.25. The van der Waals surface area contributed by atoms with E-state index in [2.05, 4.69) is 9.97 Å². The van der Waals surface area contributed by atoms with Crippen LogP contribution < -0.4 is 20.8 Å². The third-order valence-corrected chi connectivity index (χ3v) is 4.43. The van der Waals surface area contributed by atoms with Crippen LogP contribution in [0.1, 0.15) is 37.9 Å². The minimum Gasteiger partial charge on any atom is -0.491 e. The van der Waals surface area contributed by atoms with Crippen molar-refractivity contribution in [3.05, 3.63) is 41.9 Å². The van der Waals surface area contributed by atoms with Gasteiger partial charge >= 0.3 is 0 Å². The first-order valence-corrected chi connectivity index (χ1v) is 8.89. The number of ether oxygens (including phenoxy) is 1. The molecular formula is C19H24F2N5O+. The molecule has 4 N–H and O–H groups in total. The van der Waals surface area contributed by atoms with Gasteiger partial charge in [0.05, 0.1) is 11.7 Å². The number of nitrogen functional groups attached to an aromatic ring is 1. The second-order valence-corrected chi connectivity index (χ2v) is 6.93. The average molecular weight is 376 g/mol. The number of hydrogen-bond acceptors (Lipinski definition) is 5. The maximum absolute atomic E-state index is 13.4. The molecule has 2 heterocycles. The van der Waals surface area contributed by atoms with Gasteiger partial charge in [0.2, 0.25) is 5.71 Å². The van der Waals surface area contributed by atoms with Crippen LogP contribution in [0.15, 0.2) is 30.6 Å². The van der Waals surface area contributed by atoms with Gasteiger partial charge in [0, 0.05) is 37.7 Å². The molecule has 1 aromatic carbocycles. The van der Waals surface area contributed by atoms with Crippen LogP contribution in [0, 0.1) is 0 Å². The Bertz CT molecular complexity index is 831. The zero-order valence-electron chi connectivity index (χ0n) is 15.5. The van der Waals surface area contributed by atoms with Crippen molar-refractivity contribution < 1.29 is 18.9 Å². The third-order valence-electron chi connectivity index (χ3n) is 4.43. The van der Waals surface area contributed by atoms with Gasteiger partial charge in [-0.2, -0.15) is 0 Å². The number of aromatic nitrogens is 2. The molecule has 2 aromatic rings. The summed E-state index contributed by atoms with van der Waals surface area (Å²) in [4.78, 5) is 10.3. The van der Waals surface area contributed by atoms with Gasteiger partial charge in [0.15, 0.2) is 0 Å². The molecule has 144 valence electrons. The van der Waals surface area contributed by atoms with Crippen LogP contribution in [-0.4, -0.2) is 40.8 Å². The highest BCUT2D eigenvalue weighted by Gasteiger charge is 2.34.